The van der Waals surface area contributed by atoms with Crippen LogP contribution >= 0.6 is 11.3 Å². The van der Waals surface area contributed by atoms with Crippen LogP contribution in [0.4, 0.5) is 0 Å². The molecule has 0 amide bonds. The molecule has 0 saturated carbocycles. The zero-order valence-electron chi connectivity index (χ0n) is 15.3. The highest BCUT2D eigenvalue weighted by atomic mass is 32.1. The van der Waals surface area contributed by atoms with Crippen LogP contribution in [0, 0.1) is 0 Å². The van der Waals surface area contributed by atoms with E-state index < -0.39 is 0 Å². The number of aryl methyl sites for hydroxylation is 2. The number of hydrogen-bond donors (Lipinski definition) is 0. The monoisotopic (exact) mass is 382 g/mol. The number of carbonyl (C=O) groups is 1. The van der Waals surface area contributed by atoms with E-state index in [9.17, 15) is 9.59 Å². The van der Waals surface area contributed by atoms with Crippen LogP contribution < -0.4 is 5.56 Å². The summed E-state index contributed by atoms with van der Waals surface area (Å²) in [5, 5.41) is 0. The van der Waals surface area contributed by atoms with Gasteiger partial charge in [0.2, 0.25) is 0 Å². The molecule has 27 heavy (non-hydrogen) atoms. The SMILES string of the molecule is C[C@H](CC(=O)OCc1cc(=O)n2c3c(sc2n1)CCCC3)c1ccccc1. The highest BCUT2D eigenvalue weighted by molar-refractivity contribution is 7.17. The fourth-order valence-electron chi connectivity index (χ4n) is 3.58. The Kier molecular flexibility index (Phi) is 5.07. The van der Waals surface area contributed by atoms with E-state index >= 15 is 0 Å². The Balaban J connectivity index is 1.44. The van der Waals surface area contributed by atoms with Gasteiger partial charge >= 0.3 is 5.97 Å². The van der Waals surface area contributed by atoms with Gasteiger partial charge in [-0.15, -0.1) is 11.3 Å². The van der Waals surface area contributed by atoms with Crippen molar-refractivity contribution in [3.63, 3.8) is 0 Å². The molecule has 0 aliphatic heterocycles. The van der Waals surface area contributed by atoms with Crippen LogP contribution in [-0.4, -0.2) is 15.4 Å². The molecule has 3 aromatic rings. The van der Waals surface area contributed by atoms with Crippen molar-refractivity contribution in [1.82, 2.24) is 9.38 Å². The number of benzene rings is 1. The molecule has 1 atom stereocenters. The molecule has 140 valence electrons. The van der Waals surface area contributed by atoms with Crippen molar-refractivity contribution in [2.75, 3.05) is 0 Å². The number of carbonyl (C=O) groups excluding carboxylic acids is 1. The summed E-state index contributed by atoms with van der Waals surface area (Å²) in [6.07, 6.45) is 4.54. The molecule has 0 saturated heterocycles. The fourth-order valence-corrected chi connectivity index (χ4v) is 4.81. The number of esters is 1. The maximum Gasteiger partial charge on any atom is 0.306 e. The first-order chi connectivity index (χ1) is 13.1. The Bertz CT molecular complexity index is 1020. The highest BCUT2D eigenvalue weighted by Gasteiger charge is 2.19. The van der Waals surface area contributed by atoms with E-state index in [-0.39, 0.29) is 24.1 Å². The van der Waals surface area contributed by atoms with Crippen molar-refractivity contribution in [3.05, 3.63) is 68.6 Å². The molecule has 0 bridgehead atoms. The van der Waals surface area contributed by atoms with E-state index in [2.05, 4.69) is 4.98 Å². The van der Waals surface area contributed by atoms with Crippen molar-refractivity contribution in [3.8, 4) is 0 Å². The minimum absolute atomic E-state index is 0.0364. The summed E-state index contributed by atoms with van der Waals surface area (Å²) in [5.41, 5.74) is 2.65. The summed E-state index contributed by atoms with van der Waals surface area (Å²) in [4.78, 5) is 31.2. The summed E-state index contributed by atoms with van der Waals surface area (Å²) >= 11 is 1.58. The molecule has 4 rings (SSSR count). The van der Waals surface area contributed by atoms with Crippen LogP contribution in [0.25, 0.3) is 4.96 Å². The molecule has 1 aromatic carbocycles. The lowest BCUT2D eigenvalue weighted by Crippen LogP contribution is -2.18. The number of hydrogen-bond acceptors (Lipinski definition) is 5. The number of thiazole rings is 1. The van der Waals surface area contributed by atoms with Crippen molar-refractivity contribution in [1.29, 1.82) is 0 Å². The minimum atomic E-state index is -0.279. The molecular weight excluding hydrogens is 360 g/mol. The zero-order chi connectivity index (χ0) is 18.8. The van der Waals surface area contributed by atoms with E-state index in [1.165, 1.54) is 17.4 Å². The topological polar surface area (TPSA) is 60.7 Å². The predicted octanol–water partition coefficient (Wildman–Crippen LogP) is 3.87. The van der Waals surface area contributed by atoms with Gasteiger partial charge in [0.15, 0.2) is 4.96 Å². The van der Waals surface area contributed by atoms with Crippen LogP contribution in [0.1, 0.15) is 53.9 Å². The molecule has 6 heteroatoms. The molecule has 0 unspecified atom stereocenters. The van der Waals surface area contributed by atoms with Gasteiger partial charge in [0.05, 0.1) is 12.1 Å². The number of nitrogens with zero attached hydrogens (tertiary/aromatic N) is 2. The lowest BCUT2D eigenvalue weighted by Gasteiger charge is -2.11. The fraction of sp³-hybridized carbons (Fsp3) is 0.381. The Morgan fingerprint density at radius 2 is 2.04 bits per heavy atom. The molecule has 5 nitrogen and oxygen atoms in total. The number of ether oxygens (including phenoxy) is 1. The van der Waals surface area contributed by atoms with Crippen LogP contribution in [0.3, 0.4) is 0 Å². The van der Waals surface area contributed by atoms with Gasteiger partial charge in [0, 0.05) is 16.6 Å². The molecule has 0 fully saturated rings. The molecular formula is C21H22N2O3S. The van der Waals surface area contributed by atoms with Gasteiger partial charge in [-0.05, 0) is 37.2 Å². The second-order valence-electron chi connectivity index (χ2n) is 7.06. The Hall–Kier alpha value is -2.47. The number of fused-ring (bicyclic) bond motifs is 3. The van der Waals surface area contributed by atoms with Gasteiger partial charge in [-0.2, -0.15) is 0 Å². The summed E-state index contributed by atoms with van der Waals surface area (Å²) in [6.45, 7) is 2.04. The smallest absolute Gasteiger partial charge is 0.306 e. The quantitative estimate of drug-likeness (QED) is 0.629. The molecule has 2 aromatic heterocycles. The molecule has 1 aliphatic carbocycles. The number of aromatic nitrogens is 2. The maximum atomic E-state index is 12.5. The predicted molar refractivity (Wildman–Crippen MR) is 105 cm³/mol. The highest BCUT2D eigenvalue weighted by Crippen LogP contribution is 2.28. The molecule has 0 N–H and O–H groups in total. The van der Waals surface area contributed by atoms with E-state index in [0.29, 0.717) is 17.1 Å². The third-order valence-electron chi connectivity index (χ3n) is 5.04. The van der Waals surface area contributed by atoms with Crippen molar-refractivity contribution in [2.45, 2.75) is 51.6 Å². The van der Waals surface area contributed by atoms with E-state index in [0.717, 1.165) is 30.5 Å². The van der Waals surface area contributed by atoms with Crippen LogP contribution in [0.15, 0.2) is 41.2 Å². The van der Waals surface area contributed by atoms with Crippen LogP contribution in [0.2, 0.25) is 0 Å². The van der Waals surface area contributed by atoms with Gasteiger partial charge in [-0.3, -0.25) is 14.0 Å². The summed E-state index contributed by atoms with van der Waals surface area (Å²) in [7, 11) is 0. The van der Waals surface area contributed by atoms with E-state index in [1.54, 1.807) is 15.7 Å². The van der Waals surface area contributed by atoms with E-state index in [4.69, 9.17) is 4.74 Å². The van der Waals surface area contributed by atoms with Crippen molar-refractivity contribution in [2.24, 2.45) is 0 Å². The third kappa shape index (κ3) is 3.81. The van der Waals surface area contributed by atoms with Gasteiger partial charge < -0.3 is 4.74 Å². The second-order valence-corrected chi connectivity index (χ2v) is 8.12. The summed E-state index contributed by atoms with van der Waals surface area (Å²) in [6, 6.07) is 11.4. The van der Waals surface area contributed by atoms with Crippen LogP contribution in [-0.2, 0) is 29.0 Å². The zero-order valence-corrected chi connectivity index (χ0v) is 16.1. The maximum absolute atomic E-state index is 12.5. The van der Waals surface area contributed by atoms with Crippen molar-refractivity contribution >= 4 is 22.3 Å². The molecule has 0 spiro atoms. The lowest BCUT2D eigenvalue weighted by molar-refractivity contribution is -0.145. The first-order valence-corrected chi connectivity index (χ1v) is 10.2. The largest absolute Gasteiger partial charge is 0.459 e. The van der Waals surface area contributed by atoms with E-state index in [1.807, 2.05) is 37.3 Å². The Morgan fingerprint density at radius 1 is 1.26 bits per heavy atom. The van der Waals surface area contributed by atoms with Crippen molar-refractivity contribution < 1.29 is 9.53 Å². The van der Waals surface area contributed by atoms with Gasteiger partial charge in [0.1, 0.15) is 6.61 Å². The summed E-state index contributed by atoms with van der Waals surface area (Å²) in [5.74, 6) is -0.192. The Labute approximate surface area is 161 Å². The second kappa shape index (κ2) is 7.64. The normalized spacial score (nSPS) is 14.7. The average Bonchev–Trinajstić information content (AvgIpc) is 3.06. The van der Waals surface area contributed by atoms with Gasteiger partial charge in [-0.25, -0.2) is 4.98 Å². The Morgan fingerprint density at radius 3 is 2.85 bits per heavy atom. The average molecular weight is 382 g/mol. The minimum Gasteiger partial charge on any atom is -0.459 e. The summed E-state index contributed by atoms with van der Waals surface area (Å²) < 4.78 is 7.11. The van der Waals surface area contributed by atoms with Gasteiger partial charge in [0.25, 0.3) is 5.56 Å². The first-order valence-electron chi connectivity index (χ1n) is 9.35. The van der Waals surface area contributed by atoms with Crippen LogP contribution in [0.5, 0.6) is 0 Å². The molecule has 1 aliphatic rings. The lowest BCUT2D eigenvalue weighted by atomic mass is 9.98. The standard InChI is InChI=1S/C21H22N2O3S/c1-14(15-7-3-2-4-8-15)11-20(25)26-13-16-12-19(24)23-17-9-5-6-10-18(17)27-21(23)22-16/h2-4,7-8,12,14H,5-6,9-11,13H2,1H3/t14-/m1/s1. The third-order valence-corrected chi connectivity index (χ3v) is 6.18. The first kappa shape index (κ1) is 17.9. The molecule has 2 heterocycles. The number of rotatable bonds is 5. The van der Waals surface area contributed by atoms with Gasteiger partial charge in [-0.1, -0.05) is 37.3 Å². The molecule has 0 radical (unpaired) electrons.